The molecule has 0 aromatic heterocycles. The van der Waals surface area contributed by atoms with Gasteiger partial charge < -0.3 is 10.1 Å². The zero-order chi connectivity index (χ0) is 13.4. The monoisotopic (exact) mass is 263 g/mol. The number of carbonyl (C=O) groups is 1. The summed E-state index contributed by atoms with van der Waals surface area (Å²) in [5.41, 5.74) is 2.56. The van der Waals surface area contributed by atoms with Crippen molar-refractivity contribution >= 4 is 5.97 Å². The number of fused-ring (bicyclic) bond motifs is 1. The van der Waals surface area contributed by atoms with Gasteiger partial charge in [-0.05, 0) is 43.0 Å². The van der Waals surface area contributed by atoms with Gasteiger partial charge in [0.25, 0.3) is 0 Å². The molecule has 1 saturated carbocycles. The van der Waals surface area contributed by atoms with Gasteiger partial charge in [-0.3, -0.25) is 4.79 Å². The SMILES string of the molecule is CCOC(=O)C1CC1c1ccc2c(c1F)CCNC2. The Labute approximate surface area is 112 Å². The molecule has 19 heavy (non-hydrogen) atoms. The molecular weight excluding hydrogens is 245 g/mol. The van der Waals surface area contributed by atoms with Gasteiger partial charge in [-0.1, -0.05) is 12.1 Å². The molecular formula is C15H18FNO2. The Morgan fingerprint density at radius 3 is 3.16 bits per heavy atom. The van der Waals surface area contributed by atoms with Gasteiger partial charge in [0.1, 0.15) is 5.82 Å². The number of nitrogens with one attached hydrogen (secondary N) is 1. The third-order valence-electron chi connectivity index (χ3n) is 4.02. The minimum Gasteiger partial charge on any atom is -0.466 e. The van der Waals surface area contributed by atoms with Crippen molar-refractivity contribution in [2.24, 2.45) is 5.92 Å². The van der Waals surface area contributed by atoms with E-state index in [0.29, 0.717) is 18.6 Å². The summed E-state index contributed by atoms with van der Waals surface area (Å²) in [6, 6.07) is 3.82. The molecule has 1 aliphatic carbocycles. The van der Waals surface area contributed by atoms with E-state index >= 15 is 0 Å². The average molecular weight is 263 g/mol. The van der Waals surface area contributed by atoms with E-state index in [0.717, 1.165) is 30.6 Å². The van der Waals surface area contributed by atoms with Gasteiger partial charge in [0.2, 0.25) is 0 Å². The van der Waals surface area contributed by atoms with Gasteiger partial charge in [0.05, 0.1) is 12.5 Å². The van der Waals surface area contributed by atoms with Crippen LogP contribution in [0.2, 0.25) is 0 Å². The first-order valence-electron chi connectivity index (χ1n) is 6.90. The summed E-state index contributed by atoms with van der Waals surface area (Å²) in [5.74, 6) is -0.421. The molecule has 102 valence electrons. The molecule has 0 amide bonds. The zero-order valence-corrected chi connectivity index (χ0v) is 11.0. The fraction of sp³-hybridized carbons (Fsp3) is 0.533. The lowest BCUT2D eigenvalue weighted by molar-refractivity contribution is -0.144. The number of hydrogen-bond donors (Lipinski definition) is 1. The molecule has 2 aliphatic rings. The van der Waals surface area contributed by atoms with E-state index in [1.54, 1.807) is 6.92 Å². The number of hydrogen-bond acceptors (Lipinski definition) is 3. The van der Waals surface area contributed by atoms with E-state index in [2.05, 4.69) is 5.32 Å². The zero-order valence-electron chi connectivity index (χ0n) is 11.0. The van der Waals surface area contributed by atoms with E-state index in [9.17, 15) is 9.18 Å². The van der Waals surface area contributed by atoms with Crippen molar-refractivity contribution in [1.82, 2.24) is 5.32 Å². The van der Waals surface area contributed by atoms with Crippen molar-refractivity contribution in [3.63, 3.8) is 0 Å². The maximum absolute atomic E-state index is 14.5. The lowest BCUT2D eigenvalue weighted by Gasteiger charge is -2.19. The normalized spacial score (nSPS) is 24.7. The number of benzene rings is 1. The maximum Gasteiger partial charge on any atom is 0.309 e. The Kier molecular flexibility index (Phi) is 3.27. The molecule has 0 bridgehead atoms. The molecule has 3 rings (SSSR count). The quantitative estimate of drug-likeness (QED) is 0.849. The van der Waals surface area contributed by atoms with Gasteiger partial charge in [0, 0.05) is 12.5 Å². The molecule has 4 heteroatoms. The first-order chi connectivity index (χ1) is 9.22. The highest BCUT2D eigenvalue weighted by molar-refractivity contribution is 5.77. The van der Waals surface area contributed by atoms with Crippen molar-refractivity contribution < 1.29 is 13.9 Å². The van der Waals surface area contributed by atoms with Crippen LogP contribution >= 0.6 is 0 Å². The predicted octanol–water partition coefficient (Wildman–Crippen LogP) is 2.14. The Morgan fingerprint density at radius 1 is 1.53 bits per heavy atom. The van der Waals surface area contributed by atoms with Crippen molar-refractivity contribution in [3.8, 4) is 0 Å². The summed E-state index contributed by atoms with van der Waals surface area (Å²) in [6.45, 7) is 3.74. The highest BCUT2D eigenvalue weighted by Crippen LogP contribution is 2.49. The highest BCUT2D eigenvalue weighted by atomic mass is 19.1. The molecule has 1 aliphatic heterocycles. The van der Waals surface area contributed by atoms with Gasteiger partial charge >= 0.3 is 5.97 Å². The van der Waals surface area contributed by atoms with Gasteiger partial charge in [-0.25, -0.2) is 4.39 Å². The van der Waals surface area contributed by atoms with E-state index in [-0.39, 0.29) is 23.6 Å². The van der Waals surface area contributed by atoms with Gasteiger partial charge in [0.15, 0.2) is 0 Å². The van der Waals surface area contributed by atoms with Crippen molar-refractivity contribution in [2.75, 3.05) is 13.2 Å². The number of halogens is 1. The van der Waals surface area contributed by atoms with Crippen LogP contribution in [0.5, 0.6) is 0 Å². The van der Waals surface area contributed by atoms with E-state index in [1.807, 2.05) is 12.1 Å². The molecule has 1 fully saturated rings. The predicted molar refractivity (Wildman–Crippen MR) is 69.3 cm³/mol. The summed E-state index contributed by atoms with van der Waals surface area (Å²) in [7, 11) is 0. The minimum atomic E-state index is -0.189. The van der Waals surface area contributed by atoms with Crippen molar-refractivity contribution in [1.29, 1.82) is 0 Å². The van der Waals surface area contributed by atoms with Gasteiger partial charge in [-0.2, -0.15) is 0 Å². The molecule has 1 heterocycles. The Hall–Kier alpha value is -1.42. The van der Waals surface area contributed by atoms with Crippen molar-refractivity contribution in [3.05, 3.63) is 34.6 Å². The maximum atomic E-state index is 14.5. The number of rotatable bonds is 3. The molecule has 3 nitrogen and oxygen atoms in total. The topological polar surface area (TPSA) is 38.3 Å². The number of esters is 1. The second-order valence-corrected chi connectivity index (χ2v) is 5.23. The Bertz CT molecular complexity index is 515. The number of carbonyl (C=O) groups excluding carboxylic acids is 1. The second-order valence-electron chi connectivity index (χ2n) is 5.23. The van der Waals surface area contributed by atoms with Gasteiger partial charge in [-0.15, -0.1) is 0 Å². The molecule has 2 unspecified atom stereocenters. The van der Waals surface area contributed by atoms with Crippen LogP contribution in [0.4, 0.5) is 4.39 Å². The molecule has 0 spiro atoms. The third kappa shape index (κ3) is 2.25. The molecule has 1 N–H and O–H groups in total. The average Bonchev–Trinajstić information content (AvgIpc) is 3.20. The van der Waals surface area contributed by atoms with Crippen LogP contribution in [-0.2, 0) is 22.5 Å². The molecule has 0 saturated heterocycles. The summed E-state index contributed by atoms with van der Waals surface area (Å²) in [4.78, 5) is 11.6. The smallest absolute Gasteiger partial charge is 0.309 e. The summed E-state index contributed by atoms with van der Waals surface area (Å²) >= 11 is 0. The second kappa shape index (κ2) is 4.93. The van der Waals surface area contributed by atoms with Crippen LogP contribution in [0.25, 0.3) is 0 Å². The van der Waals surface area contributed by atoms with Crippen LogP contribution < -0.4 is 5.32 Å². The van der Waals surface area contributed by atoms with E-state index in [4.69, 9.17) is 4.74 Å². The van der Waals surface area contributed by atoms with Crippen LogP contribution in [-0.4, -0.2) is 19.1 Å². The standard InChI is InChI=1S/C15H18FNO2/c1-2-19-15(18)13-7-12(13)11-4-3-9-8-17-6-5-10(9)14(11)16/h3-4,12-13,17H,2,5-8H2,1H3. The summed E-state index contributed by atoms with van der Waals surface area (Å²) in [5, 5.41) is 3.24. The summed E-state index contributed by atoms with van der Waals surface area (Å²) in [6.07, 6.45) is 1.44. The third-order valence-corrected chi connectivity index (χ3v) is 4.02. The van der Waals surface area contributed by atoms with E-state index < -0.39 is 0 Å². The molecule has 0 radical (unpaired) electrons. The Balaban J connectivity index is 1.82. The first kappa shape index (κ1) is 12.6. The lowest BCUT2D eigenvalue weighted by Crippen LogP contribution is -2.25. The summed E-state index contributed by atoms with van der Waals surface area (Å²) < 4.78 is 19.5. The Morgan fingerprint density at radius 2 is 2.37 bits per heavy atom. The number of ether oxygens (including phenoxy) is 1. The van der Waals surface area contributed by atoms with E-state index in [1.165, 1.54) is 0 Å². The molecule has 2 atom stereocenters. The fourth-order valence-electron chi connectivity index (χ4n) is 2.89. The molecule has 1 aromatic carbocycles. The lowest BCUT2D eigenvalue weighted by atomic mass is 9.95. The first-order valence-corrected chi connectivity index (χ1v) is 6.90. The molecule has 1 aromatic rings. The highest BCUT2D eigenvalue weighted by Gasteiger charge is 2.46. The van der Waals surface area contributed by atoms with Crippen LogP contribution in [0.1, 0.15) is 36.0 Å². The largest absolute Gasteiger partial charge is 0.466 e. The van der Waals surface area contributed by atoms with Crippen LogP contribution in [0.3, 0.4) is 0 Å². The van der Waals surface area contributed by atoms with Crippen molar-refractivity contribution in [2.45, 2.75) is 32.2 Å². The van der Waals surface area contributed by atoms with Crippen LogP contribution in [0, 0.1) is 11.7 Å². The minimum absolute atomic E-state index is 0.0132. The van der Waals surface area contributed by atoms with Crippen LogP contribution in [0.15, 0.2) is 12.1 Å². The fourth-order valence-corrected chi connectivity index (χ4v) is 2.89.